The van der Waals surface area contributed by atoms with Gasteiger partial charge in [-0.2, -0.15) is 0 Å². The normalized spacial score (nSPS) is 16.9. The summed E-state index contributed by atoms with van der Waals surface area (Å²) in [5.41, 5.74) is 3.37. The number of unbranched alkanes of at least 4 members (excludes halogenated alkanes) is 2. The van der Waals surface area contributed by atoms with Crippen LogP contribution in [0.25, 0.3) is 11.0 Å². The van der Waals surface area contributed by atoms with E-state index in [1.54, 1.807) is 0 Å². The Morgan fingerprint density at radius 2 is 1.50 bits per heavy atom. The number of hydrogen-bond donors (Lipinski definition) is 1. The fraction of sp³-hybridized carbons (Fsp3) is 0.480. The molecule has 2 aromatic carbocycles. The van der Waals surface area contributed by atoms with Crippen LogP contribution in [0.5, 0.6) is 0 Å². The first-order chi connectivity index (χ1) is 14.7. The molecule has 160 valence electrons. The minimum absolute atomic E-state index is 0.388. The van der Waals surface area contributed by atoms with Crippen LogP contribution in [-0.2, 0) is 6.54 Å². The van der Waals surface area contributed by atoms with Crippen molar-refractivity contribution >= 4 is 11.0 Å². The molecular weight excluding hydrogens is 372 g/mol. The van der Waals surface area contributed by atoms with Crippen molar-refractivity contribution in [2.24, 2.45) is 0 Å². The third-order valence-corrected chi connectivity index (χ3v) is 6.28. The lowest BCUT2D eigenvalue weighted by atomic mass is 10.1. The van der Waals surface area contributed by atoms with Gasteiger partial charge in [-0.3, -0.25) is 4.90 Å². The lowest BCUT2D eigenvalue weighted by molar-refractivity contribution is 0.0719. The van der Waals surface area contributed by atoms with Gasteiger partial charge in [0.2, 0.25) is 0 Å². The van der Waals surface area contributed by atoms with Crippen molar-refractivity contribution in [3.8, 4) is 0 Å². The number of benzene rings is 2. The quantitative estimate of drug-likeness (QED) is 0.548. The number of hydrogen-bond acceptors (Lipinski definition) is 4. The zero-order valence-electron chi connectivity index (χ0n) is 18.1. The van der Waals surface area contributed by atoms with Gasteiger partial charge in [0.15, 0.2) is 0 Å². The second-order valence-corrected chi connectivity index (χ2v) is 8.43. The van der Waals surface area contributed by atoms with E-state index in [9.17, 15) is 5.11 Å². The van der Waals surface area contributed by atoms with Crippen molar-refractivity contribution in [3.63, 3.8) is 0 Å². The molecule has 0 aliphatic carbocycles. The molecule has 1 N–H and O–H groups in total. The van der Waals surface area contributed by atoms with Gasteiger partial charge in [-0.1, -0.05) is 48.9 Å². The van der Waals surface area contributed by atoms with Crippen LogP contribution in [-0.4, -0.2) is 63.7 Å². The number of aromatic nitrogens is 2. The molecule has 0 spiro atoms. The van der Waals surface area contributed by atoms with Crippen LogP contribution in [0.4, 0.5) is 0 Å². The van der Waals surface area contributed by atoms with Crippen LogP contribution < -0.4 is 0 Å². The van der Waals surface area contributed by atoms with E-state index in [1.165, 1.54) is 31.3 Å². The molecule has 1 saturated heterocycles. The fourth-order valence-electron chi connectivity index (χ4n) is 4.48. The number of aryl methyl sites for hydroxylation is 2. The molecule has 0 radical (unpaired) electrons. The summed E-state index contributed by atoms with van der Waals surface area (Å²) in [6.07, 6.45) is 3.31. The molecule has 5 nitrogen and oxygen atoms in total. The third-order valence-electron chi connectivity index (χ3n) is 6.28. The summed E-state index contributed by atoms with van der Waals surface area (Å²) < 4.78 is 2.35. The van der Waals surface area contributed by atoms with Gasteiger partial charge in [0, 0.05) is 39.3 Å². The number of β-amino-alcohol motifs (C(OH)–C–C–N with tert-alkyl or cyclic N) is 1. The molecule has 1 aliphatic rings. The number of nitrogens with zero attached hydrogens (tertiary/aromatic N) is 4. The van der Waals surface area contributed by atoms with Gasteiger partial charge < -0.3 is 14.6 Å². The standard InChI is InChI=1S/C25H34N4O/c1-21-26-23-12-6-7-13-24(23)29(21)15-9-3-8-14-27-16-18-28(19-17-27)20-25(30)22-10-4-2-5-11-22/h2,4-7,10-13,25,30H,3,8-9,14-20H2,1H3/t25-/m0/s1. The highest BCUT2D eigenvalue weighted by Gasteiger charge is 2.19. The first kappa shape index (κ1) is 21.0. The molecule has 0 unspecified atom stereocenters. The smallest absolute Gasteiger partial charge is 0.106 e. The van der Waals surface area contributed by atoms with Crippen molar-refractivity contribution in [2.75, 3.05) is 39.3 Å². The predicted octanol–water partition coefficient (Wildman–Crippen LogP) is 3.87. The zero-order chi connectivity index (χ0) is 20.8. The monoisotopic (exact) mass is 406 g/mol. The van der Waals surface area contributed by atoms with E-state index in [4.69, 9.17) is 0 Å². The molecule has 4 rings (SSSR count). The second kappa shape index (κ2) is 10.2. The van der Waals surface area contributed by atoms with Crippen molar-refractivity contribution in [1.82, 2.24) is 19.4 Å². The maximum atomic E-state index is 10.4. The Balaban J connectivity index is 1.13. The summed E-state index contributed by atoms with van der Waals surface area (Å²) in [4.78, 5) is 9.63. The minimum atomic E-state index is -0.388. The second-order valence-electron chi connectivity index (χ2n) is 8.43. The Bertz CT molecular complexity index is 915. The molecule has 2 heterocycles. The Morgan fingerprint density at radius 3 is 2.30 bits per heavy atom. The number of fused-ring (bicyclic) bond motifs is 1. The molecule has 1 fully saturated rings. The van der Waals surface area contributed by atoms with Crippen molar-refractivity contribution in [1.29, 1.82) is 0 Å². The average molecular weight is 407 g/mol. The van der Waals surface area contributed by atoms with Gasteiger partial charge >= 0.3 is 0 Å². The van der Waals surface area contributed by atoms with Gasteiger partial charge in [0.1, 0.15) is 5.82 Å². The molecule has 30 heavy (non-hydrogen) atoms. The molecule has 0 bridgehead atoms. The average Bonchev–Trinajstić information content (AvgIpc) is 3.10. The molecule has 1 aromatic heterocycles. The summed E-state index contributed by atoms with van der Waals surface area (Å²) in [5.74, 6) is 1.12. The van der Waals surface area contributed by atoms with Crippen LogP contribution in [0.15, 0.2) is 54.6 Å². The topological polar surface area (TPSA) is 44.5 Å². The highest BCUT2D eigenvalue weighted by molar-refractivity contribution is 5.75. The van der Waals surface area contributed by atoms with Crippen LogP contribution >= 0.6 is 0 Å². The predicted molar refractivity (Wildman–Crippen MR) is 123 cm³/mol. The van der Waals surface area contributed by atoms with E-state index in [0.29, 0.717) is 0 Å². The Kier molecular flexibility index (Phi) is 7.16. The summed E-state index contributed by atoms with van der Waals surface area (Å²) in [6, 6.07) is 18.4. The summed E-state index contributed by atoms with van der Waals surface area (Å²) in [5, 5.41) is 10.4. The molecule has 0 amide bonds. The number of imidazole rings is 1. The fourth-order valence-corrected chi connectivity index (χ4v) is 4.48. The van der Waals surface area contributed by atoms with E-state index in [0.717, 1.165) is 56.2 Å². The first-order valence-electron chi connectivity index (χ1n) is 11.3. The van der Waals surface area contributed by atoms with E-state index in [2.05, 4.69) is 50.5 Å². The van der Waals surface area contributed by atoms with Crippen LogP contribution in [0.3, 0.4) is 0 Å². The largest absolute Gasteiger partial charge is 0.387 e. The van der Waals surface area contributed by atoms with Gasteiger partial charge in [0.25, 0.3) is 0 Å². The Labute approximate surface area is 179 Å². The van der Waals surface area contributed by atoms with Crippen LogP contribution in [0.2, 0.25) is 0 Å². The van der Waals surface area contributed by atoms with Crippen LogP contribution in [0.1, 0.15) is 36.8 Å². The van der Waals surface area contributed by atoms with Gasteiger partial charge in [-0.25, -0.2) is 4.98 Å². The number of aliphatic hydroxyl groups excluding tert-OH is 1. The Morgan fingerprint density at radius 1 is 0.833 bits per heavy atom. The highest BCUT2D eigenvalue weighted by atomic mass is 16.3. The van der Waals surface area contributed by atoms with Gasteiger partial charge in [0.05, 0.1) is 17.1 Å². The van der Waals surface area contributed by atoms with Gasteiger partial charge in [-0.15, -0.1) is 0 Å². The van der Waals surface area contributed by atoms with E-state index >= 15 is 0 Å². The number of rotatable bonds is 9. The zero-order valence-corrected chi connectivity index (χ0v) is 18.1. The van der Waals surface area contributed by atoms with Gasteiger partial charge in [-0.05, 0) is 44.0 Å². The number of piperazine rings is 1. The lowest BCUT2D eigenvalue weighted by Gasteiger charge is -2.35. The Hall–Kier alpha value is -2.21. The summed E-state index contributed by atoms with van der Waals surface area (Å²) in [7, 11) is 0. The summed E-state index contributed by atoms with van der Waals surface area (Å²) >= 11 is 0. The molecule has 5 heteroatoms. The minimum Gasteiger partial charge on any atom is -0.387 e. The third kappa shape index (κ3) is 5.28. The highest BCUT2D eigenvalue weighted by Crippen LogP contribution is 2.17. The van der Waals surface area contributed by atoms with E-state index in [1.807, 2.05) is 30.3 Å². The van der Waals surface area contributed by atoms with Crippen molar-refractivity contribution in [2.45, 2.75) is 38.8 Å². The number of para-hydroxylation sites is 2. The summed E-state index contributed by atoms with van der Waals surface area (Å²) in [6.45, 7) is 9.37. The number of aliphatic hydroxyl groups is 1. The van der Waals surface area contributed by atoms with Crippen LogP contribution in [0, 0.1) is 6.92 Å². The van der Waals surface area contributed by atoms with Crippen molar-refractivity contribution in [3.05, 3.63) is 66.0 Å². The molecule has 1 atom stereocenters. The molecular formula is C25H34N4O. The van der Waals surface area contributed by atoms with Crippen molar-refractivity contribution < 1.29 is 5.11 Å². The molecule has 1 aliphatic heterocycles. The van der Waals surface area contributed by atoms with E-state index < -0.39 is 0 Å². The SMILES string of the molecule is Cc1nc2ccccc2n1CCCCCN1CCN(C[C@H](O)c2ccccc2)CC1. The first-order valence-corrected chi connectivity index (χ1v) is 11.3. The molecule has 0 saturated carbocycles. The van der Waals surface area contributed by atoms with E-state index in [-0.39, 0.29) is 6.10 Å². The lowest BCUT2D eigenvalue weighted by Crippen LogP contribution is -2.47. The maximum absolute atomic E-state index is 10.4. The maximum Gasteiger partial charge on any atom is 0.106 e. The molecule has 3 aromatic rings.